The zero-order valence-corrected chi connectivity index (χ0v) is 27.8. The van der Waals surface area contributed by atoms with Gasteiger partial charge >= 0.3 is 18.2 Å². The van der Waals surface area contributed by atoms with Crippen molar-refractivity contribution in [1.82, 2.24) is 15.1 Å². The molecule has 3 aliphatic heterocycles. The summed E-state index contributed by atoms with van der Waals surface area (Å²) in [4.78, 5) is 56.1. The quantitative estimate of drug-likeness (QED) is 0.231. The molecule has 5 rings (SSSR count). The van der Waals surface area contributed by atoms with E-state index in [4.69, 9.17) is 19.6 Å². The van der Waals surface area contributed by atoms with E-state index >= 15 is 0 Å². The second kappa shape index (κ2) is 14.4. The van der Waals surface area contributed by atoms with E-state index in [2.05, 4.69) is 18.3 Å². The van der Waals surface area contributed by atoms with E-state index in [1.165, 1.54) is 21.4 Å². The minimum absolute atomic E-state index is 0.0343. The van der Waals surface area contributed by atoms with Crippen molar-refractivity contribution in [2.45, 2.75) is 122 Å². The molecule has 2 fully saturated rings. The summed E-state index contributed by atoms with van der Waals surface area (Å²) in [6.45, 7) is 7.52. The molecule has 1 aromatic carbocycles. The van der Waals surface area contributed by atoms with Gasteiger partial charge in [-0.15, -0.1) is 0 Å². The first-order valence-corrected chi connectivity index (χ1v) is 16.8. The third kappa shape index (κ3) is 8.70. The van der Waals surface area contributed by atoms with Crippen molar-refractivity contribution >= 4 is 30.0 Å². The van der Waals surface area contributed by atoms with Crippen LogP contribution in [0.3, 0.4) is 0 Å². The Morgan fingerprint density at radius 2 is 1.91 bits per heavy atom. The number of carbonyl (C=O) groups excluding carboxylic acids is 4. The average Bonchev–Trinajstić information content (AvgIpc) is 3.40. The maximum atomic E-state index is 14.3. The maximum Gasteiger partial charge on any atom is 0.410 e. The molecule has 4 aliphatic rings. The Balaban J connectivity index is 1.35. The second-order valence-electron chi connectivity index (χ2n) is 14.1. The lowest BCUT2D eigenvalue weighted by Crippen LogP contribution is -2.53. The summed E-state index contributed by atoms with van der Waals surface area (Å²) >= 11 is 0. The Morgan fingerprint density at radius 3 is 2.64 bits per heavy atom. The molecule has 0 bridgehead atoms. The summed E-state index contributed by atoms with van der Waals surface area (Å²) in [7, 11) is 0. The molecule has 3 amide bonds. The summed E-state index contributed by atoms with van der Waals surface area (Å²) < 4.78 is 31.2. The van der Waals surface area contributed by atoms with Gasteiger partial charge in [-0.3, -0.25) is 19.9 Å². The lowest BCUT2D eigenvalue weighted by Gasteiger charge is -2.29. The molecule has 3 heterocycles. The molecule has 1 saturated heterocycles. The van der Waals surface area contributed by atoms with Crippen LogP contribution in [0.4, 0.5) is 14.0 Å². The van der Waals surface area contributed by atoms with E-state index < -0.39 is 53.7 Å². The Bertz CT molecular complexity index is 1420. The molecule has 5 unspecified atom stereocenters. The first-order chi connectivity index (χ1) is 22.3. The number of hydrogen-bond donors (Lipinski definition) is 2. The van der Waals surface area contributed by atoms with Gasteiger partial charge in [-0.25, -0.2) is 14.0 Å². The SMILES string of the molecule is CCCC1=CC2CC2C(=O)OC(=N)C2CC(OC(=O)N3Cc4cccc(F)c4C3)CN2C(=O)C(NC(=O)OC(C)(C)C)CCCCC1. The summed E-state index contributed by atoms with van der Waals surface area (Å²) in [6.07, 6.45) is 6.29. The van der Waals surface area contributed by atoms with Crippen LogP contribution >= 0.6 is 0 Å². The molecule has 0 spiro atoms. The number of fused-ring (bicyclic) bond motifs is 3. The van der Waals surface area contributed by atoms with Crippen LogP contribution in [0.1, 0.15) is 96.6 Å². The molecule has 11 nitrogen and oxygen atoms in total. The van der Waals surface area contributed by atoms with Crippen LogP contribution in [-0.4, -0.2) is 70.1 Å². The summed E-state index contributed by atoms with van der Waals surface area (Å²) in [5.41, 5.74) is 1.67. The molecule has 0 aromatic heterocycles. The molecule has 2 N–H and O–H groups in total. The van der Waals surface area contributed by atoms with Gasteiger partial charge in [0.2, 0.25) is 11.8 Å². The fourth-order valence-electron chi connectivity index (χ4n) is 6.72. The zero-order chi connectivity index (χ0) is 33.9. The predicted molar refractivity (Wildman–Crippen MR) is 171 cm³/mol. The smallest absolute Gasteiger partial charge is 0.410 e. The standard InChI is InChI=1S/C35H47FN4O7/c1-5-10-21-11-7-6-8-14-28(38-33(43)47-35(2,3)4)31(41)40-19-24(17-29(40)30(37)46-32(42)25-16-23(25)15-21)45-34(44)39-18-22-12-9-13-27(36)26(22)20-39/h9,12-13,15,23-25,28-29,37H,5-8,10-11,14,16-20H2,1-4H3,(H,38,43). The van der Waals surface area contributed by atoms with Gasteiger partial charge in [0.1, 0.15) is 29.6 Å². The van der Waals surface area contributed by atoms with Crippen molar-refractivity contribution in [2.24, 2.45) is 11.8 Å². The molecular weight excluding hydrogens is 607 g/mol. The highest BCUT2D eigenvalue weighted by molar-refractivity contribution is 5.96. The zero-order valence-electron chi connectivity index (χ0n) is 27.8. The highest BCUT2D eigenvalue weighted by Gasteiger charge is 2.47. The average molecular weight is 655 g/mol. The molecule has 0 radical (unpaired) electrons. The largest absolute Gasteiger partial charge is 0.444 e. The summed E-state index contributed by atoms with van der Waals surface area (Å²) in [5, 5.41) is 11.5. The number of hydrogen-bond acceptors (Lipinski definition) is 8. The van der Waals surface area contributed by atoms with E-state index in [0.29, 0.717) is 30.4 Å². The van der Waals surface area contributed by atoms with Crippen molar-refractivity contribution in [1.29, 1.82) is 5.41 Å². The minimum Gasteiger partial charge on any atom is -0.444 e. The number of benzene rings is 1. The number of cyclic esters (lactones) is 1. The van der Waals surface area contributed by atoms with E-state index in [9.17, 15) is 23.6 Å². The molecule has 12 heteroatoms. The Morgan fingerprint density at radius 1 is 1.13 bits per heavy atom. The molecule has 1 aliphatic carbocycles. The fraction of sp³-hybridized carbons (Fsp3) is 0.629. The van der Waals surface area contributed by atoms with Crippen molar-refractivity contribution in [3.63, 3.8) is 0 Å². The number of esters is 1. The number of nitrogens with one attached hydrogen (secondary N) is 2. The Labute approximate surface area is 275 Å². The number of nitrogens with zero attached hydrogens (tertiary/aromatic N) is 2. The summed E-state index contributed by atoms with van der Waals surface area (Å²) in [5.74, 6) is -2.03. The molecule has 1 saturated carbocycles. The normalized spacial score (nSPS) is 26.9. The minimum atomic E-state index is -0.989. The van der Waals surface area contributed by atoms with Crippen LogP contribution in [0, 0.1) is 23.1 Å². The number of alkyl carbamates (subject to hydrolysis) is 1. The van der Waals surface area contributed by atoms with Gasteiger partial charge in [-0.1, -0.05) is 50.0 Å². The summed E-state index contributed by atoms with van der Waals surface area (Å²) in [6, 6.07) is 2.75. The van der Waals surface area contributed by atoms with Gasteiger partial charge in [0.15, 0.2) is 0 Å². The number of amides is 3. The van der Waals surface area contributed by atoms with Gasteiger partial charge in [0.05, 0.1) is 19.0 Å². The van der Waals surface area contributed by atoms with Crippen LogP contribution < -0.4 is 5.32 Å². The third-order valence-corrected chi connectivity index (χ3v) is 9.15. The lowest BCUT2D eigenvalue weighted by atomic mass is 9.99. The number of ether oxygens (including phenoxy) is 3. The van der Waals surface area contributed by atoms with Crippen LogP contribution in [0.2, 0.25) is 0 Å². The van der Waals surface area contributed by atoms with Crippen LogP contribution in [-0.2, 0) is 36.9 Å². The van der Waals surface area contributed by atoms with Crippen LogP contribution in [0.15, 0.2) is 29.8 Å². The Kier molecular flexibility index (Phi) is 10.6. The Hall–Kier alpha value is -3.96. The van der Waals surface area contributed by atoms with Gasteiger partial charge in [-0.2, -0.15) is 0 Å². The van der Waals surface area contributed by atoms with Crippen molar-refractivity contribution in [2.75, 3.05) is 6.54 Å². The van der Waals surface area contributed by atoms with Crippen molar-refractivity contribution in [3.05, 3.63) is 46.8 Å². The maximum absolute atomic E-state index is 14.3. The highest BCUT2D eigenvalue weighted by atomic mass is 19.1. The number of halogens is 1. The van der Waals surface area contributed by atoms with Crippen LogP contribution in [0.5, 0.6) is 0 Å². The first kappa shape index (κ1) is 34.4. The van der Waals surface area contributed by atoms with E-state index in [0.717, 1.165) is 32.1 Å². The van der Waals surface area contributed by atoms with Crippen LogP contribution in [0.25, 0.3) is 0 Å². The number of rotatable bonds is 4. The van der Waals surface area contributed by atoms with E-state index in [1.54, 1.807) is 32.9 Å². The van der Waals surface area contributed by atoms with Gasteiger partial charge < -0.3 is 24.4 Å². The van der Waals surface area contributed by atoms with Gasteiger partial charge in [0.25, 0.3) is 0 Å². The predicted octanol–water partition coefficient (Wildman–Crippen LogP) is 5.99. The first-order valence-electron chi connectivity index (χ1n) is 16.8. The molecule has 1 aromatic rings. The fourth-order valence-corrected chi connectivity index (χ4v) is 6.72. The van der Waals surface area contributed by atoms with Gasteiger partial charge in [0, 0.05) is 18.5 Å². The number of allylic oxidation sites excluding steroid dienone is 2. The topological polar surface area (TPSA) is 138 Å². The highest BCUT2D eigenvalue weighted by Crippen LogP contribution is 2.42. The van der Waals surface area contributed by atoms with E-state index in [-0.39, 0.29) is 43.7 Å². The molecular formula is C35H47FN4O7. The lowest BCUT2D eigenvalue weighted by molar-refractivity contribution is -0.139. The monoisotopic (exact) mass is 654 g/mol. The van der Waals surface area contributed by atoms with Crippen molar-refractivity contribution < 1.29 is 37.8 Å². The van der Waals surface area contributed by atoms with Crippen molar-refractivity contribution in [3.8, 4) is 0 Å². The molecule has 47 heavy (non-hydrogen) atoms. The number of carbonyl (C=O) groups is 4. The molecule has 5 atom stereocenters. The van der Waals surface area contributed by atoms with Gasteiger partial charge in [-0.05, 0) is 70.4 Å². The second-order valence-corrected chi connectivity index (χ2v) is 14.1. The molecule has 256 valence electrons. The van der Waals surface area contributed by atoms with E-state index in [1.807, 2.05) is 0 Å². The third-order valence-electron chi connectivity index (χ3n) is 9.15.